The van der Waals surface area contributed by atoms with E-state index < -0.39 is 0 Å². The van der Waals surface area contributed by atoms with Gasteiger partial charge in [-0.05, 0) is 24.5 Å². The van der Waals surface area contributed by atoms with Crippen LogP contribution in [0.1, 0.15) is 24.8 Å². The standard InChI is InChI=1S/C13H14NO2/c1-16-13(15)8-4-5-10-9-14-12-7-3-2-6-11(10)12/h2-3,6-7,9H,4-5,8H2,1H3. The summed E-state index contributed by atoms with van der Waals surface area (Å²) in [7, 11) is 1.42. The largest absolute Gasteiger partial charge is 0.469 e. The van der Waals surface area contributed by atoms with E-state index in [1.165, 1.54) is 18.2 Å². The Morgan fingerprint density at radius 2 is 2.19 bits per heavy atom. The Hall–Kier alpha value is -1.77. The summed E-state index contributed by atoms with van der Waals surface area (Å²) < 4.78 is 4.60. The molecule has 0 unspecified atom stereocenters. The van der Waals surface area contributed by atoms with Crippen LogP contribution in [0.3, 0.4) is 0 Å². The van der Waals surface area contributed by atoms with Gasteiger partial charge in [-0.15, -0.1) is 0 Å². The summed E-state index contributed by atoms with van der Waals surface area (Å²) >= 11 is 0. The number of carbonyl (C=O) groups is 1. The highest BCUT2D eigenvalue weighted by atomic mass is 16.5. The lowest BCUT2D eigenvalue weighted by Crippen LogP contribution is -1.99. The van der Waals surface area contributed by atoms with E-state index in [9.17, 15) is 4.79 Å². The summed E-state index contributed by atoms with van der Waals surface area (Å²) in [6, 6.07) is 8.05. The van der Waals surface area contributed by atoms with Gasteiger partial charge in [0.05, 0.1) is 12.8 Å². The van der Waals surface area contributed by atoms with Crippen LogP contribution in [-0.4, -0.2) is 13.1 Å². The van der Waals surface area contributed by atoms with Gasteiger partial charge >= 0.3 is 5.97 Å². The third-order valence-electron chi connectivity index (χ3n) is 2.66. The first-order chi connectivity index (χ1) is 7.81. The molecule has 0 fully saturated rings. The minimum atomic E-state index is -0.149. The number of methoxy groups -OCH3 is 1. The zero-order chi connectivity index (χ0) is 11.4. The van der Waals surface area contributed by atoms with Gasteiger partial charge in [-0.1, -0.05) is 18.2 Å². The number of benzene rings is 1. The first-order valence-corrected chi connectivity index (χ1v) is 5.37. The summed E-state index contributed by atoms with van der Waals surface area (Å²) in [6.45, 7) is 0. The van der Waals surface area contributed by atoms with Crippen molar-refractivity contribution < 1.29 is 9.53 Å². The minimum Gasteiger partial charge on any atom is -0.469 e. The maximum atomic E-state index is 11.0. The second kappa shape index (κ2) is 4.84. The van der Waals surface area contributed by atoms with Crippen LogP contribution in [0.4, 0.5) is 5.69 Å². The highest BCUT2D eigenvalue weighted by Gasteiger charge is 2.14. The highest BCUT2D eigenvalue weighted by Crippen LogP contribution is 2.32. The molecule has 0 atom stereocenters. The molecule has 0 aromatic heterocycles. The van der Waals surface area contributed by atoms with Gasteiger partial charge in [-0.2, -0.15) is 0 Å². The molecule has 0 amide bonds. The number of hydrogen-bond donors (Lipinski definition) is 0. The van der Waals surface area contributed by atoms with Crippen molar-refractivity contribution in [3.05, 3.63) is 36.0 Å². The summed E-state index contributed by atoms with van der Waals surface area (Å²) in [6.07, 6.45) is 4.04. The van der Waals surface area contributed by atoms with Crippen LogP contribution in [-0.2, 0) is 9.53 Å². The number of nitrogens with zero attached hydrogens (tertiary/aromatic N) is 1. The zero-order valence-corrected chi connectivity index (χ0v) is 9.27. The lowest BCUT2D eigenvalue weighted by atomic mass is 10.0. The molecular formula is C13H14NO2. The van der Waals surface area contributed by atoms with E-state index in [1.807, 2.05) is 24.4 Å². The molecule has 0 saturated heterocycles. The van der Waals surface area contributed by atoms with Crippen LogP contribution in [0, 0.1) is 0 Å². The van der Waals surface area contributed by atoms with E-state index in [0.717, 1.165) is 18.5 Å². The van der Waals surface area contributed by atoms with Crippen LogP contribution < -0.4 is 5.32 Å². The molecule has 1 heterocycles. The normalized spacial score (nSPS) is 12.7. The number of allylic oxidation sites excluding steroid dienone is 1. The Morgan fingerprint density at radius 1 is 1.38 bits per heavy atom. The second-order valence-corrected chi connectivity index (χ2v) is 3.73. The number of para-hydroxylation sites is 1. The van der Waals surface area contributed by atoms with Crippen molar-refractivity contribution in [2.75, 3.05) is 7.11 Å². The van der Waals surface area contributed by atoms with Crippen LogP contribution in [0.15, 0.2) is 30.5 Å². The third-order valence-corrected chi connectivity index (χ3v) is 2.66. The minimum absolute atomic E-state index is 0.149. The van der Waals surface area contributed by atoms with Gasteiger partial charge < -0.3 is 4.74 Å². The van der Waals surface area contributed by atoms with Gasteiger partial charge in [0.1, 0.15) is 0 Å². The van der Waals surface area contributed by atoms with Crippen molar-refractivity contribution >= 4 is 17.2 Å². The number of carbonyl (C=O) groups excluding carboxylic acids is 1. The molecule has 1 aliphatic heterocycles. The average molecular weight is 216 g/mol. The summed E-state index contributed by atoms with van der Waals surface area (Å²) in [5.41, 5.74) is 3.42. The summed E-state index contributed by atoms with van der Waals surface area (Å²) in [4.78, 5) is 11.0. The molecule has 1 aliphatic rings. The molecule has 1 radical (unpaired) electrons. The maximum Gasteiger partial charge on any atom is 0.305 e. The van der Waals surface area contributed by atoms with Crippen molar-refractivity contribution in [1.29, 1.82) is 0 Å². The van der Waals surface area contributed by atoms with E-state index in [1.54, 1.807) is 0 Å². The van der Waals surface area contributed by atoms with Crippen molar-refractivity contribution in [3.8, 4) is 0 Å². The topological polar surface area (TPSA) is 40.4 Å². The van der Waals surface area contributed by atoms with Crippen molar-refractivity contribution in [1.82, 2.24) is 5.32 Å². The Bertz CT molecular complexity index is 424. The second-order valence-electron chi connectivity index (χ2n) is 3.73. The Labute approximate surface area is 95.1 Å². The van der Waals surface area contributed by atoms with Crippen LogP contribution >= 0.6 is 0 Å². The van der Waals surface area contributed by atoms with Gasteiger partial charge in [-0.3, -0.25) is 10.1 Å². The molecule has 1 aromatic rings. The van der Waals surface area contributed by atoms with Crippen molar-refractivity contribution in [3.63, 3.8) is 0 Å². The number of rotatable bonds is 4. The zero-order valence-electron chi connectivity index (χ0n) is 9.27. The van der Waals surface area contributed by atoms with Crippen LogP contribution in [0.25, 0.3) is 5.57 Å². The molecule has 16 heavy (non-hydrogen) atoms. The average Bonchev–Trinajstić information content (AvgIpc) is 2.73. The molecule has 0 saturated carbocycles. The van der Waals surface area contributed by atoms with Gasteiger partial charge in [0, 0.05) is 18.2 Å². The fraction of sp³-hybridized carbons (Fsp3) is 0.308. The monoisotopic (exact) mass is 216 g/mol. The SMILES string of the molecule is COC(=O)CCCC1=C[N]c2ccccc21. The van der Waals surface area contributed by atoms with Crippen molar-refractivity contribution in [2.24, 2.45) is 0 Å². The number of hydrogen-bond acceptors (Lipinski definition) is 2. The Morgan fingerprint density at radius 3 is 3.00 bits per heavy atom. The van der Waals surface area contributed by atoms with Gasteiger partial charge in [0.2, 0.25) is 0 Å². The van der Waals surface area contributed by atoms with E-state index in [2.05, 4.69) is 16.1 Å². The smallest absolute Gasteiger partial charge is 0.305 e. The molecule has 0 bridgehead atoms. The fourth-order valence-electron chi connectivity index (χ4n) is 1.80. The molecule has 0 spiro atoms. The van der Waals surface area contributed by atoms with Gasteiger partial charge in [0.25, 0.3) is 0 Å². The lowest BCUT2D eigenvalue weighted by Gasteiger charge is -2.03. The van der Waals surface area contributed by atoms with Gasteiger partial charge in [0.15, 0.2) is 0 Å². The number of ether oxygens (including phenoxy) is 1. The molecular weight excluding hydrogens is 202 g/mol. The molecule has 1 aromatic carbocycles. The predicted molar refractivity (Wildman–Crippen MR) is 62.1 cm³/mol. The highest BCUT2D eigenvalue weighted by molar-refractivity contribution is 5.79. The number of fused-ring (bicyclic) bond motifs is 1. The summed E-state index contributed by atoms with van der Waals surface area (Å²) in [5, 5.41) is 4.32. The Balaban J connectivity index is 1.91. The van der Waals surface area contributed by atoms with E-state index >= 15 is 0 Å². The third kappa shape index (κ3) is 2.24. The molecule has 3 nitrogen and oxygen atoms in total. The van der Waals surface area contributed by atoms with Crippen LogP contribution in [0.2, 0.25) is 0 Å². The molecule has 83 valence electrons. The molecule has 0 aliphatic carbocycles. The molecule has 2 rings (SSSR count). The van der Waals surface area contributed by atoms with Crippen molar-refractivity contribution in [2.45, 2.75) is 19.3 Å². The van der Waals surface area contributed by atoms with Crippen LogP contribution in [0.5, 0.6) is 0 Å². The first-order valence-electron chi connectivity index (χ1n) is 5.37. The first kappa shape index (κ1) is 10.7. The summed E-state index contributed by atoms with van der Waals surface area (Å²) in [5.74, 6) is -0.149. The lowest BCUT2D eigenvalue weighted by molar-refractivity contribution is -0.140. The molecule has 3 heteroatoms. The van der Waals surface area contributed by atoms with E-state index in [-0.39, 0.29) is 5.97 Å². The maximum absolute atomic E-state index is 11.0. The quantitative estimate of drug-likeness (QED) is 0.726. The number of esters is 1. The van der Waals surface area contributed by atoms with E-state index in [0.29, 0.717) is 6.42 Å². The Kier molecular flexibility index (Phi) is 3.25. The van der Waals surface area contributed by atoms with Gasteiger partial charge in [-0.25, -0.2) is 0 Å². The van der Waals surface area contributed by atoms with E-state index in [4.69, 9.17) is 0 Å². The molecule has 0 N–H and O–H groups in total. The predicted octanol–water partition coefficient (Wildman–Crippen LogP) is 2.62. The fourth-order valence-corrected chi connectivity index (χ4v) is 1.80.